The van der Waals surface area contributed by atoms with E-state index in [1.165, 1.54) is 0 Å². The van der Waals surface area contributed by atoms with E-state index in [1.54, 1.807) is 0 Å². The Labute approximate surface area is 95.7 Å². The van der Waals surface area contributed by atoms with Crippen LogP contribution in [0.3, 0.4) is 0 Å². The summed E-state index contributed by atoms with van der Waals surface area (Å²) >= 11 is 15.9. The van der Waals surface area contributed by atoms with Crippen molar-refractivity contribution in [2.45, 2.75) is 5.88 Å². The number of benzene rings is 1. The lowest BCUT2D eigenvalue weighted by molar-refractivity contribution is 1.34. The molecule has 0 saturated carbocycles. The SMILES string of the molecule is ClCc1cc(Br)c(Br)cc1Br. The predicted octanol–water partition coefficient (Wildman–Crippen LogP) is 4.71. The molecule has 0 nitrogen and oxygen atoms in total. The third kappa shape index (κ3) is 2.44. The van der Waals surface area contributed by atoms with E-state index < -0.39 is 0 Å². The Morgan fingerprint density at radius 3 is 2.09 bits per heavy atom. The zero-order valence-corrected chi connectivity index (χ0v) is 10.9. The highest BCUT2D eigenvalue weighted by Crippen LogP contribution is 2.30. The van der Waals surface area contributed by atoms with Crippen LogP contribution in [0.1, 0.15) is 5.56 Å². The molecule has 0 aromatic heterocycles. The van der Waals surface area contributed by atoms with Gasteiger partial charge in [-0.3, -0.25) is 0 Å². The lowest BCUT2D eigenvalue weighted by Gasteiger charge is -2.02. The van der Waals surface area contributed by atoms with Crippen LogP contribution in [0.4, 0.5) is 0 Å². The van der Waals surface area contributed by atoms with Crippen molar-refractivity contribution in [3.8, 4) is 0 Å². The monoisotopic (exact) mass is 360 g/mol. The topological polar surface area (TPSA) is 0 Å². The summed E-state index contributed by atoms with van der Waals surface area (Å²) in [5.41, 5.74) is 1.08. The summed E-state index contributed by atoms with van der Waals surface area (Å²) in [4.78, 5) is 0. The molecule has 11 heavy (non-hydrogen) atoms. The summed E-state index contributed by atoms with van der Waals surface area (Å²) in [5.74, 6) is 0.520. The number of hydrogen-bond donors (Lipinski definition) is 0. The van der Waals surface area contributed by atoms with Gasteiger partial charge in [-0.15, -0.1) is 11.6 Å². The molecule has 0 amide bonds. The second kappa shape index (κ2) is 4.26. The van der Waals surface area contributed by atoms with Gasteiger partial charge >= 0.3 is 0 Å². The Kier molecular flexibility index (Phi) is 3.89. The molecule has 0 radical (unpaired) electrons. The van der Waals surface area contributed by atoms with Gasteiger partial charge in [0.25, 0.3) is 0 Å². The molecule has 1 aromatic carbocycles. The summed E-state index contributed by atoms with van der Waals surface area (Å²) in [6.45, 7) is 0. The predicted molar refractivity (Wildman–Crippen MR) is 59.1 cm³/mol. The first-order valence-electron chi connectivity index (χ1n) is 2.84. The molecule has 0 unspecified atom stereocenters. The molecular weight excluding hydrogens is 359 g/mol. The van der Waals surface area contributed by atoms with Gasteiger partial charge in [-0.25, -0.2) is 0 Å². The van der Waals surface area contributed by atoms with E-state index in [0.29, 0.717) is 5.88 Å². The van der Waals surface area contributed by atoms with Crippen molar-refractivity contribution < 1.29 is 0 Å². The van der Waals surface area contributed by atoms with Crippen LogP contribution in [-0.2, 0) is 5.88 Å². The lowest BCUT2D eigenvalue weighted by Crippen LogP contribution is -1.81. The van der Waals surface area contributed by atoms with Crippen molar-refractivity contribution in [2.24, 2.45) is 0 Å². The molecule has 0 bridgehead atoms. The highest BCUT2D eigenvalue weighted by atomic mass is 79.9. The van der Waals surface area contributed by atoms with Crippen molar-refractivity contribution in [3.05, 3.63) is 31.1 Å². The van der Waals surface area contributed by atoms with E-state index >= 15 is 0 Å². The van der Waals surface area contributed by atoms with E-state index in [9.17, 15) is 0 Å². The maximum Gasteiger partial charge on any atom is 0.0485 e. The van der Waals surface area contributed by atoms with E-state index in [4.69, 9.17) is 11.6 Å². The number of halogens is 4. The Morgan fingerprint density at radius 2 is 1.55 bits per heavy atom. The molecule has 0 spiro atoms. The van der Waals surface area contributed by atoms with Crippen molar-refractivity contribution >= 4 is 59.4 Å². The first kappa shape index (κ1) is 10.0. The maximum absolute atomic E-state index is 5.69. The first-order chi connectivity index (χ1) is 5.15. The van der Waals surface area contributed by atoms with Crippen molar-refractivity contribution in [3.63, 3.8) is 0 Å². The summed E-state index contributed by atoms with van der Waals surface area (Å²) in [5, 5.41) is 0. The molecule has 0 aliphatic heterocycles. The number of hydrogen-bond acceptors (Lipinski definition) is 0. The molecule has 0 aliphatic carbocycles. The molecular formula is C7H4Br3Cl. The Morgan fingerprint density at radius 1 is 1.00 bits per heavy atom. The minimum Gasteiger partial charge on any atom is -0.122 e. The molecule has 4 heteroatoms. The van der Waals surface area contributed by atoms with Crippen LogP contribution in [-0.4, -0.2) is 0 Å². The molecule has 0 heterocycles. The van der Waals surface area contributed by atoms with E-state index in [0.717, 1.165) is 19.0 Å². The molecule has 60 valence electrons. The molecule has 0 atom stereocenters. The highest BCUT2D eigenvalue weighted by Gasteiger charge is 2.02. The second-order valence-electron chi connectivity index (χ2n) is 1.99. The smallest absolute Gasteiger partial charge is 0.0485 e. The van der Waals surface area contributed by atoms with Gasteiger partial charge in [0.05, 0.1) is 0 Å². The third-order valence-electron chi connectivity index (χ3n) is 1.23. The van der Waals surface area contributed by atoms with Crippen LogP contribution in [0.2, 0.25) is 0 Å². The van der Waals surface area contributed by atoms with Crippen LogP contribution in [0.5, 0.6) is 0 Å². The van der Waals surface area contributed by atoms with Crippen LogP contribution >= 0.6 is 59.4 Å². The van der Waals surface area contributed by atoms with E-state index in [-0.39, 0.29) is 0 Å². The number of rotatable bonds is 1. The van der Waals surface area contributed by atoms with Gasteiger partial charge < -0.3 is 0 Å². The second-order valence-corrected chi connectivity index (χ2v) is 4.82. The summed E-state index contributed by atoms with van der Waals surface area (Å²) in [7, 11) is 0. The lowest BCUT2D eigenvalue weighted by atomic mass is 10.2. The highest BCUT2D eigenvalue weighted by molar-refractivity contribution is 9.13. The molecule has 0 N–H and O–H groups in total. The molecule has 0 aliphatic rings. The Balaban J connectivity index is 3.21. The van der Waals surface area contributed by atoms with Gasteiger partial charge in [-0.05, 0) is 49.6 Å². The Bertz CT molecular complexity index is 273. The minimum atomic E-state index is 0.520. The molecule has 1 aromatic rings. The average molecular weight is 363 g/mol. The van der Waals surface area contributed by atoms with Crippen molar-refractivity contribution in [2.75, 3.05) is 0 Å². The molecule has 0 saturated heterocycles. The maximum atomic E-state index is 5.69. The van der Waals surface area contributed by atoms with E-state index in [2.05, 4.69) is 47.8 Å². The van der Waals surface area contributed by atoms with Crippen LogP contribution in [0.15, 0.2) is 25.6 Å². The van der Waals surface area contributed by atoms with Gasteiger partial charge in [0.15, 0.2) is 0 Å². The standard InChI is InChI=1S/C7H4Br3Cl/c8-5-2-7(10)6(9)1-4(5)3-11/h1-2H,3H2. The normalized spacial score (nSPS) is 10.2. The summed E-state index contributed by atoms with van der Waals surface area (Å²) < 4.78 is 3.08. The van der Waals surface area contributed by atoms with Crippen LogP contribution in [0.25, 0.3) is 0 Å². The number of alkyl halides is 1. The fraction of sp³-hybridized carbons (Fsp3) is 0.143. The van der Waals surface area contributed by atoms with Crippen molar-refractivity contribution in [1.82, 2.24) is 0 Å². The largest absolute Gasteiger partial charge is 0.122 e. The zero-order valence-electron chi connectivity index (χ0n) is 5.37. The molecule has 1 rings (SSSR count). The quantitative estimate of drug-likeness (QED) is 0.501. The fourth-order valence-corrected chi connectivity index (χ4v) is 2.57. The Hall–Kier alpha value is 0.950. The first-order valence-corrected chi connectivity index (χ1v) is 5.76. The van der Waals surface area contributed by atoms with Crippen LogP contribution < -0.4 is 0 Å². The minimum absolute atomic E-state index is 0.520. The van der Waals surface area contributed by atoms with Gasteiger partial charge in [0.2, 0.25) is 0 Å². The van der Waals surface area contributed by atoms with Crippen molar-refractivity contribution in [1.29, 1.82) is 0 Å². The van der Waals surface area contributed by atoms with Crippen LogP contribution in [0, 0.1) is 0 Å². The third-order valence-corrected chi connectivity index (χ3v) is 4.10. The summed E-state index contributed by atoms with van der Waals surface area (Å²) in [6, 6.07) is 3.96. The average Bonchev–Trinajstić information content (AvgIpc) is 1.97. The molecule has 0 fully saturated rings. The fourth-order valence-electron chi connectivity index (χ4n) is 0.666. The summed E-state index contributed by atoms with van der Waals surface area (Å²) in [6.07, 6.45) is 0. The zero-order chi connectivity index (χ0) is 8.43. The van der Waals surface area contributed by atoms with E-state index in [1.807, 2.05) is 12.1 Å². The van der Waals surface area contributed by atoms with Gasteiger partial charge in [-0.2, -0.15) is 0 Å². The van der Waals surface area contributed by atoms with Gasteiger partial charge in [0, 0.05) is 19.3 Å². The van der Waals surface area contributed by atoms with Gasteiger partial charge in [-0.1, -0.05) is 15.9 Å². The van der Waals surface area contributed by atoms with Gasteiger partial charge in [0.1, 0.15) is 0 Å².